The summed E-state index contributed by atoms with van der Waals surface area (Å²) in [4.78, 5) is 0. The zero-order valence-electron chi connectivity index (χ0n) is 12.4. The van der Waals surface area contributed by atoms with Crippen LogP contribution in [0.25, 0.3) is 0 Å². The van der Waals surface area contributed by atoms with Gasteiger partial charge in [-0.1, -0.05) is 5.21 Å². The molecule has 6 nitrogen and oxygen atoms in total. The van der Waals surface area contributed by atoms with Crippen LogP contribution in [0.5, 0.6) is 0 Å². The quantitative estimate of drug-likeness (QED) is 0.864. The highest BCUT2D eigenvalue weighted by molar-refractivity contribution is 5.21. The van der Waals surface area contributed by atoms with E-state index in [2.05, 4.69) is 46.2 Å². The van der Waals surface area contributed by atoms with Gasteiger partial charge in [-0.25, -0.2) is 0 Å². The molecule has 3 rings (SSSR count). The molecule has 20 heavy (non-hydrogen) atoms. The van der Waals surface area contributed by atoms with E-state index in [1.807, 2.05) is 10.9 Å². The lowest BCUT2D eigenvalue weighted by Crippen LogP contribution is -2.15. The summed E-state index contributed by atoms with van der Waals surface area (Å²) in [5.41, 5.74) is 4.63. The SMILES string of the molecule is Cc1nn(CCn2cc(CNC3CC3)nn2)c(C)c1C. The number of rotatable bonds is 6. The van der Waals surface area contributed by atoms with Crippen LogP contribution in [0.1, 0.15) is 35.5 Å². The van der Waals surface area contributed by atoms with Crippen molar-refractivity contribution >= 4 is 0 Å². The molecular formula is C14H22N6. The lowest BCUT2D eigenvalue weighted by Gasteiger charge is -2.04. The Kier molecular flexibility index (Phi) is 3.56. The highest BCUT2D eigenvalue weighted by Gasteiger charge is 2.20. The summed E-state index contributed by atoms with van der Waals surface area (Å²) in [6.45, 7) is 8.74. The summed E-state index contributed by atoms with van der Waals surface area (Å²) < 4.78 is 3.95. The minimum absolute atomic E-state index is 0.706. The van der Waals surface area contributed by atoms with E-state index in [9.17, 15) is 0 Å². The standard InChI is InChI=1S/C14H22N6/c1-10-11(2)17-20(12(10)3)7-6-19-9-14(16-18-19)8-15-13-4-5-13/h9,13,15H,4-8H2,1-3H3. The van der Waals surface area contributed by atoms with Crippen LogP contribution in [0.2, 0.25) is 0 Å². The van der Waals surface area contributed by atoms with E-state index in [1.54, 1.807) is 0 Å². The second-order valence-corrected chi connectivity index (χ2v) is 5.65. The molecule has 1 aliphatic carbocycles. The second-order valence-electron chi connectivity index (χ2n) is 5.65. The summed E-state index contributed by atoms with van der Waals surface area (Å²) in [5.74, 6) is 0. The predicted octanol–water partition coefficient (Wildman–Crippen LogP) is 1.35. The number of nitrogens with zero attached hydrogens (tertiary/aromatic N) is 5. The van der Waals surface area contributed by atoms with Gasteiger partial charge in [0.05, 0.1) is 24.5 Å². The fraction of sp³-hybridized carbons (Fsp3) is 0.643. The van der Waals surface area contributed by atoms with Gasteiger partial charge in [-0.05, 0) is 39.2 Å². The maximum Gasteiger partial charge on any atom is 0.0964 e. The first-order valence-corrected chi connectivity index (χ1v) is 7.26. The fourth-order valence-corrected chi connectivity index (χ4v) is 2.27. The highest BCUT2D eigenvalue weighted by atomic mass is 15.4. The number of aromatic nitrogens is 5. The highest BCUT2D eigenvalue weighted by Crippen LogP contribution is 2.18. The molecule has 0 radical (unpaired) electrons. The Morgan fingerprint density at radius 2 is 2.05 bits per heavy atom. The third-order valence-electron chi connectivity index (χ3n) is 4.02. The molecule has 0 unspecified atom stereocenters. The Morgan fingerprint density at radius 1 is 1.25 bits per heavy atom. The number of hydrogen-bond acceptors (Lipinski definition) is 4. The van der Waals surface area contributed by atoms with E-state index in [0.29, 0.717) is 6.04 Å². The molecule has 0 spiro atoms. The Morgan fingerprint density at radius 3 is 2.70 bits per heavy atom. The third kappa shape index (κ3) is 2.90. The van der Waals surface area contributed by atoms with Crippen molar-refractivity contribution in [2.24, 2.45) is 0 Å². The molecule has 1 N–H and O–H groups in total. The topological polar surface area (TPSA) is 60.6 Å². The second kappa shape index (κ2) is 5.36. The lowest BCUT2D eigenvalue weighted by molar-refractivity contribution is 0.481. The molecule has 108 valence electrons. The van der Waals surface area contributed by atoms with Gasteiger partial charge in [0, 0.05) is 24.5 Å². The van der Waals surface area contributed by atoms with Crippen LogP contribution < -0.4 is 5.32 Å². The summed E-state index contributed by atoms with van der Waals surface area (Å²) in [5, 5.41) is 16.4. The van der Waals surface area contributed by atoms with E-state index in [4.69, 9.17) is 0 Å². The van der Waals surface area contributed by atoms with Gasteiger partial charge in [0.25, 0.3) is 0 Å². The van der Waals surface area contributed by atoms with E-state index in [0.717, 1.165) is 31.0 Å². The minimum atomic E-state index is 0.706. The third-order valence-corrected chi connectivity index (χ3v) is 4.02. The molecule has 2 heterocycles. The maximum absolute atomic E-state index is 4.54. The normalized spacial score (nSPS) is 14.9. The summed E-state index contributed by atoms with van der Waals surface area (Å²) >= 11 is 0. The molecular weight excluding hydrogens is 252 g/mol. The van der Waals surface area contributed by atoms with Crippen molar-refractivity contribution in [3.63, 3.8) is 0 Å². The Labute approximate surface area is 119 Å². The van der Waals surface area contributed by atoms with E-state index < -0.39 is 0 Å². The van der Waals surface area contributed by atoms with Gasteiger partial charge in [0.15, 0.2) is 0 Å². The molecule has 0 amide bonds. The first-order valence-electron chi connectivity index (χ1n) is 7.26. The predicted molar refractivity (Wildman–Crippen MR) is 76.3 cm³/mol. The van der Waals surface area contributed by atoms with E-state index >= 15 is 0 Å². The maximum atomic E-state index is 4.54. The van der Waals surface area contributed by atoms with Crippen LogP contribution in [-0.4, -0.2) is 30.8 Å². The summed E-state index contributed by atoms with van der Waals surface area (Å²) in [6.07, 6.45) is 4.62. The van der Waals surface area contributed by atoms with Gasteiger partial charge >= 0.3 is 0 Å². The van der Waals surface area contributed by atoms with Gasteiger partial charge in [0.2, 0.25) is 0 Å². The van der Waals surface area contributed by atoms with Crippen LogP contribution >= 0.6 is 0 Å². The molecule has 6 heteroatoms. The van der Waals surface area contributed by atoms with Crippen LogP contribution in [0.3, 0.4) is 0 Å². The van der Waals surface area contributed by atoms with Gasteiger partial charge in [-0.3, -0.25) is 9.36 Å². The smallest absolute Gasteiger partial charge is 0.0964 e. The fourth-order valence-electron chi connectivity index (χ4n) is 2.27. The van der Waals surface area contributed by atoms with Crippen molar-refractivity contribution in [2.75, 3.05) is 0 Å². The monoisotopic (exact) mass is 274 g/mol. The molecule has 1 aliphatic rings. The Balaban J connectivity index is 1.56. The van der Waals surface area contributed by atoms with Crippen molar-refractivity contribution in [1.29, 1.82) is 0 Å². The molecule has 0 bridgehead atoms. The van der Waals surface area contributed by atoms with Crippen molar-refractivity contribution in [2.45, 2.75) is 59.3 Å². The zero-order chi connectivity index (χ0) is 14.1. The van der Waals surface area contributed by atoms with E-state index in [-0.39, 0.29) is 0 Å². The van der Waals surface area contributed by atoms with Gasteiger partial charge in [-0.2, -0.15) is 5.10 Å². The van der Waals surface area contributed by atoms with Crippen molar-refractivity contribution in [3.8, 4) is 0 Å². The van der Waals surface area contributed by atoms with Gasteiger partial charge in [0.1, 0.15) is 0 Å². The van der Waals surface area contributed by atoms with Crippen molar-refractivity contribution in [3.05, 3.63) is 28.8 Å². The number of nitrogens with one attached hydrogen (secondary N) is 1. The zero-order valence-corrected chi connectivity index (χ0v) is 12.4. The Hall–Kier alpha value is -1.69. The molecule has 0 atom stereocenters. The van der Waals surface area contributed by atoms with Crippen LogP contribution in [0.15, 0.2) is 6.20 Å². The number of hydrogen-bond donors (Lipinski definition) is 1. The van der Waals surface area contributed by atoms with Crippen molar-refractivity contribution in [1.82, 2.24) is 30.1 Å². The molecule has 0 aliphatic heterocycles. The summed E-state index contributed by atoms with van der Waals surface area (Å²) in [6, 6.07) is 0.706. The molecule has 0 saturated heterocycles. The lowest BCUT2D eigenvalue weighted by atomic mass is 10.2. The van der Waals surface area contributed by atoms with E-state index in [1.165, 1.54) is 24.1 Å². The van der Waals surface area contributed by atoms with Gasteiger partial charge < -0.3 is 5.32 Å². The largest absolute Gasteiger partial charge is 0.308 e. The average molecular weight is 274 g/mol. The molecule has 2 aromatic heterocycles. The van der Waals surface area contributed by atoms with Crippen LogP contribution in [0.4, 0.5) is 0 Å². The van der Waals surface area contributed by atoms with Crippen molar-refractivity contribution < 1.29 is 0 Å². The molecule has 1 fully saturated rings. The van der Waals surface area contributed by atoms with Crippen LogP contribution in [-0.2, 0) is 19.6 Å². The Bertz CT molecular complexity index is 593. The average Bonchev–Trinajstić information content (AvgIpc) is 3.11. The number of aryl methyl sites for hydroxylation is 3. The summed E-state index contributed by atoms with van der Waals surface area (Å²) in [7, 11) is 0. The first-order chi connectivity index (χ1) is 9.63. The van der Waals surface area contributed by atoms with Crippen LogP contribution in [0, 0.1) is 20.8 Å². The molecule has 1 saturated carbocycles. The van der Waals surface area contributed by atoms with Gasteiger partial charge in [-0.15, -0.1) is 5.10 Å². The molecule has 2 aromatic rings. The molecule has 0 aromatic carbocycles. The first kappa shape index (κ1) is 13.3. The minimum Gasteiger partial charge on any atom is -0.308 e.